The number of rotatable bonds is 5. The van der Waals surface area contributed by atoms with Gasteiger partial charge in [0.05, 0.1) is 10.2 Å². The van der Waals surface area contributed by atoms with Crippen molar-refractivity contribution in [3.8, 4) is 21.7 Å². The fourth-order valence-corrected chi connectivity index (χ4v) is 10.4. The molecule has 258 valence electrons. The first-order valence-electron chi connectivity index (χ1n) is 18.3. The van der Waals surface area contributed by atoms with Gasteiger partial charge < -0.3 is 13.7 Å². The third-order valence-corrected chi connectivity index (χ3v) is 13.0. The molecule has 12 rings (SSSR count). The smallest absolute Gasteiger partial charge is 0.143 e. The van der Waals surface area contributed by atoms with Crippen LogP contribution in [0.2, 0.25) is 0 Å². The zero-order chi connectivity index (χ0) is 36.0. The van der Waals surface area contributed by atoms with Gasteiger partial charge in [0, 0.05) is 76.0 Å². The molecule has 12 aromatic rings. The Labute approximate surface area is 322 Å². The number of thiophene rings is 1. The summed E-state index contributed by atoms with van der Waals surface area (Å²) in [5.41, 5.74) is 11.0. The van der Waals surface area contributed by atoms with E-state index < -0.39 is 0 Å². The van der Waals surface area contributed by atoms with Gasteiger partial charge in [-0.25, -0.2) is 4.98 Å². The molecule has 0 saturated heterocycles. The standard InChI is InChI=1S/C49H28N2O2S2/c1-2-9-30(10-3-1)49-50-40-25-26-42-46(48(40)55-49)39-14-8-13-34(47(39)53-42)29-17-19-31(20-18-29)51(32-21-23-36-35-11-4-6-15-41(35)52-43(36)27-32)33-22-24-38-37-12-5-7-16-44(37)54-45(38)28-33/h1-28H. The Balaban J connectivity index is 0.992. The molecule has 0 aliphatic heterocycles. The molecule has 4 nitrogen and oxygen atoms in total. The number of para-hydroxylation sites is 2. The molecule has 0 unspecified atom stereocenters. The summed E-state index contributed by atoms with van der Waals surface area (Å²) in [5, 5.41) is 8.04. The van der Waals surface area contributed by atoms with E-state index in [0.29, 0.717) is 0 Å². The van der Waals surface area contributed by atoms with Gasteiger partial charge in [0.1, 0.15) is 27.3 Å². The molecule has 0 bridgehead atoms. The summed E-state index contributed by atoms with van der Waals surface area (Å²) in [5.74, 6) is 0. The van der Waals surface area contributed by atoms with Crippen molar-refractivity contribution in [3.63, 3.8) is 0 Å². The van der Waals surface area contributed by atoms with Crippen molar-refractivity contribution in [1.82, 2.24) is 4.98 Å². The summed E-state index contributed by atoms with van der Waals surface area (Å²) in [7, 11) is 0. The van der Waals surface area contributed by atoms with Gasteiger partial charge in [-0.3, -0.25) is 0 Å². The maximum absolute atomic E-state index is 6.67. The topological polar surface area (TPSA) is 42.4 Å². The molecule has 0 fully saturated rings. The predicted octanol–water partition coefficient (Wildman–Crippen LogP) is 15.3. The summed E-state index contributed by atoms with van der Waals surface area (Å²) >= 11 is 3.56. The molecule has 0 atom stereocenters. The number of aromatic nitrogens is 1. The highest BCUT2D eigenvalue weighted by Crippen LogP contribution is 2.45. The minimum absolute atomic E-state index is 0.866. The second kappa shape index (κ2) is 11.9. The second-order valence-corrected chi connectivity index (χ2v) is 16.0. The molecule has 0 aliphatic carbocycles. The van der Waals surface area contributed by atoms with E-state index in [4.69, 9.17) is 13.8 Å². The van der Waals surface area contributed by atoms with Crippen molar-refractivity contribution in [1.29, 1.82) is 0 Å². The summed E-state index contributed by atoms with van der Waals surface area (Å²) < 4.78 is 16.7. The first kappa shape index (κ1) is 30.7. The number of nitrogens with zero attached hydrogens (tertiary/aromatic N) is 2. The van der Waals surface area contributed by atoms with Crippen molar-refractivity contribution >= 4 is 114 Å². The SMILES string of the molecule is c1ccc(-c2nc3ccc4oc5c(-c6ccc(N(c7ccc8c(c7)oc7ccccc78)c7ccc8c(c7)sc7ccccc78)cc6)cccc5c4c3s2)cc1. The van der Waals surface area contributed by atoms with E-state index in [1.807, 2.05) is 29.5 Å². The summed E-state index contributed by atoms with van der Waals surface area (Å²) in [6.45, 7) is 0. The van der Waals surface area contributed by atoms with Crippen molar-refractivity contribution in [2.24, 2.45) is 0 Å². The van der Waals surface area contributed by atoms with E-state index in [9.17, 15) is 0 Å². The lowest BCUT2D eigenvalue weighted by Crippen LogP contribution is -2.09. The average Bonchev–Trinajstić information content (AvgIpc) is 4.02. The Morgan fingerprint density at radius 2 is 1.15 bits per heavy atom. The molecular weight excluding hydrogens is 713 g/mol. The number of hydrogen-bond acceptors (Lipinski definition) is 6. The highest BCUT2D eigenvalue weighted by Gasteiger charge is 2.20. The van der Waals surface area contributed by atoms with Gasteiger partial charge >= 0.3 is 0 Å². The second-order valence-electron chi connectivity index (χ2n) is 13.9. The molecule has 4 aromatic heterocycles. The van der Waals surface area contributed by atoms with Crippen LogP contribution in [0.15, 0.2) is 179 Å². The van der Waals surface area contributed by atoms with Crippen LogP contribution in [-0.4, -0.2) is 4.98 Å². The Morgan fingerprint density at radius 1 is 0.436 bits per heavy atom. The van der Waals surface area contributed by atoms with Crippen LogP contribution in [0.4, 0.5) is 17.1 Å². The van der Waals surface area contributed by atoms with Crippen LogP contribution in [-0.2, 0) is 0 Å². The number of hydrogen-bond donors (Lipinski definition) is 0. The minimum Gasteiger partial charge on any atom is -0.456 e. The van der Waals surface area contributed by atoms with Crippen LogP contribution in [0.25, 0.3) is 96.0 Å². The molecule has 0 saturated carbocycles. The normalized spacial score (nSPS) is 12.0. The van der Waals surface area contributed by atoms with E-state index in [1.165, 1.54) is 20.2 Å². The molecule has 8 aromatic carbocycles. The number of thiazole rings is 1. The van der Waals surface area contributed by atoms with Gasteiger partial charge in [0.15, 0.2) is 0 Å². The molecule has 4 heterocycles. The van der Waals surface area contributed by atoms with E-state index in [0.717, 1.165) is 92.9 Å². The number of benzene rings is 8. The zero-order valence-electron chi connectivity index (χ0n) is 29.2. The van der Waals surface area contributed by atoms with Crippen LogP contribution in [0, 0.1) is 0 Å². The fraction of sp³-hybridized carbons (Fsp3) is 0. The largest absolute Gasteiger partial charge is 0.456 e. The molecular formula is C49H28N2O2S2. The highest BCUT2D eigenvalue weighted by atomic mass is 32.1. The van der Waals surface area contributed by atoms with Crippen molar-refractivity contribution < 1.29 is 8.83 Å². The lowest BCUT2D eigenvalue weighted by molar-refractivity contribution is 0.669. The zero-order valence-corrected chi connectivity index (χ0v) is 30.8. The molecule has 0 aliphatic rings. The Kier molecular flexibility index (Phi) is 6.64. The Bertz CT molecular complexity index is 3330. The molecule has 0 spiro atoms. The van der Waals surface area contributed by atoms with E-state index in [2.05, 4.69) is 157 Å². The van der Waals surface area contributed by atoms with Gasteiger partial charge in [-0.1, -0.05) is 103 Å². The maximum atomic E-state index is 6.67. The van der Waals surface area contributed by atoms with Gasteiger partial charge in [-0.05, 0) is 66.2 Å². The van der Waals surface area contributed by atoms with Crippen LogP contribution in [0.5, 0.6) is 0 Å². The maximum Gasteiger partial charge on any atom is 0.143 e. The van der Waals surface area contributed by atoms with Crippen LogP contribution < -0.4 is 4.90 Å². The highest BCUT2D eigenvalue weighted by molar-refractivity contribution is 7.25. The van der Waals surface area contributed by atoms with Crippen LogP contribution in [0.3, 0.4) is 0 Å². The van der Waals surface area contributed by atoms with Gasteiger partial charge in [0.25, 0.3) is 0 Å². The Hall–Kier alpha value is -6.73. The molecule has 0 amide bonds. The number of furan rings is 2. The lowest BCUT2D eigenvalue weighted by Gasteiger charge is -2.26. The first-order valence-corrected chi connectivity index (χ1v) is 19.9. The molecule has 6 heteroatoms. The van der Waals surface area contributed by atoms with Crippen molar-refractivity contribution in [2.45, 2.75) is 0 Å². The van der Waals surface area contributed by atoms with Crippen molar-refractivity contribution in [3.05, 3.63) is 170 Å². The number of anilines is 3. The summed E-state index contributed by atoms with van der Waals surface area (Å²) in [6.07, 6.45) is 0. The van der Waals surface area contributed by atoms with Gasteiger partial charge in [-0.2, -0.15) is 0 Å². The molecule has 0 N–H and O–H groups in total. The Morgan fingerprint density at radius 3 is 2.04 bits per heavy atom. The van der Waals surface area contributed by atoms with Crippen LogP contribution in [0.1, 0.15) is 0 Å². The average molecular weight is 741 g/mol. The van der Waals surface area contributed by atoms with E-state index in [-0.39, 0.29) is 0 Å². The van der Waals surface area contributed by atoms with E-state index >= 15 is 0 Å². The molecule has 55 heavy (non-hydrogen) atoms. The summed E-state index contributed by atoms with van der Waals surface area (Å²) in [4.78, 5) is 7.32. The fourth-order valence-electron chi connectivity index (χ4n) is 8.14. The monoisotopic (exact) mass is 740 g/mol. The lowest BCUT2D eigenvalue weighted by atomic mass is 10.0. The predicted molar refractivity (Wildman–Crippen MR) is 233 cm³/mol. The first-order chi connectivity index (χ1) is 27.2. The number of fused-ring (bicyclic) bond motifs is 11. The third-order valence-electron chi connectivity index (χ3n) is 10.7. The quantitative estimate of drug-likeness (QED) is 0.176. The van der Waals surface area contributed by atoms with E-state index in [1.54, 1.807) is 11.3 Å². The third kappa shape index (κ3) is 4.79. The van der Waals surface area contributed by atoms with Gasteiger partial charge in [-0.15, -0.1) is 22.7 Å². The molecule has 0 radical (unpaired) electrons. The van der Waals surface area contributed by atoms with Crippen molar-refractivity contribution in [2.75, 3.05) is 4.90 Å². The van der Waals surface area contributed by atoms with Gasteiger partial charge in [0.2, 0.25) is 0 Å². The summed E-state index contributed by atoms with van der Waals surface area (Å²) in [6, 6.07) is 60.1. The minimum atomic E-state index is 0.866. The van der Waals surface area contributed by atoms with Crippen LogP contribution >= 0.6 is 22.7 Å².